The fourth-order valence-electron chi connectivity index (χ4n) is 1.70. The molecule has 1 atom stereocenters. The largest absolute Gasteiger partial charge is 0.493 e. The van der Waals surface area contributed by atoms with Gasteiger partial charge in [0.1, 0.15) is 11.4 Å². The smallest absolute Gasteiger partial charge is 0.256 e. The zero-order chi connectivity index (χ0) is 15.0. The van der Waals surface area contributed by atoms with Crippen molar-refractivity contribution in [2.75, 3.05) is 23.9 Å². The van der Waals surface area contributed by atoms with Gasteiger partial charge in [-0.3, -0.25) is 4.79 Å². The van der Waals surface area contributed by atoms with Crippen molar-refractivity contribution in [1.29, 1.82) is 0 Å². The molecule has 1 amide bonds. The van der Waals surface area contributed by atoms with Gasteiger partial charge in [0.15, 0.2) is 0 Å². The molecule has 1 aromatic rings. The fourth-order valence-corrected chi connectivity index (χ4v) is 1.86. The first-order valence-corrected chi connectivity index (χ1v) is 7.92. The van der Waals surface area contributed by atoms with E-state index >= 15 is 0 Å². The van der Waals surface area contributed by atoms with Crippen molar-refractivity contribution < 1.29 is 14.3 Å². The molecule has 0 saturated heterocycles. The number of carbonyl (C=O) groups is 1. The van der Waals surface area contributed by atoms with Crippen LogP contribution in [0.2, 0.25) is 0 Å². The summed E-state index contributed by atoms with van der Waals surface area (Å²) < 4.78 is 11.0. The minimum atomic E-state index is -0.792. The van der Waals surface area contributed by atoms with Gasteiger partial charge in [0, 0.05) is 17.6 Å². The van der Waals surface area contributed by atoms with Crippen molar-refractivity contribution >= 4 is 27.5 Å². The number of hydrogen-bond donors (Lipinski definition) is 1. The first kappa shape index (κ1) is 17.0. The SMILES string of the molecule is CCO[C@](C)(CC)C(=O)Nc1ccc(OCCBr)cc1. The summed E-state index contributed by atoms with van der Waals surface area (Å²) in [6, 6.07) is 7.32. The zero-order valence-corrected chi connectivity index (χ0v) is 13.8. The number of hydrogen-bond acceptors (Lipinski definition) is 3. The maximum absolute atomic E-state index is 12.2. The fraction of sp³-hybridized carbons (Fsp3) is 0.533. The molecule has 20 heavy (non-hydrogen) atoms. The molecule has 0 aliphatic rings. The summed E-state index contributed by atoms with van der Waals surface area (Å²) in [7, 11) is 0. The Morgan fingerprint density at radius 3 is 2.45 bits per heavy atom. The molecule has 0 spiro atoms. The third-order valence-corrected chi connectivity index (χ3v) is 3.40. The molecule has 0 aliphatic heterocycles. The molecule has 1 N–H and O–H groups in total. The van der Waals surface area contributed by atoms with E-state index in [1.807, 2.05) is 38.1 Å². The maximum Gasteiger partial charge on any atom is 0.256 e. The lowest BCUT2D eigenvalue weighted by molar-refractivity contribution is -0.139. The second kappa shape index (κ2) is 8.27. The van der Waals surface area contributed by atoms with Crippen molar-refractivity contribution in [3.63, 3.8) is 0 Å². The van der Waals surface area contributed by atoms with E-state index in [1.165, 1.54) is 0 Å². The summed E-state index contributed by atoms with van der Waals surface area (Å²) in [5, 5.41) is 3.66. The molecule has 4 nitrogen and oxygen atoms in total. The summed E-state index contributed by atoms with van der Waals surface area (Å²) in [4.78, 5) is 12.2. The molecule has 1 rings (SSSR count). The molecule has 0 heterocycles. The Morgan fingerprint density at radius 1 is 1.30 bits per heavy atom. The Balaban J connectivity index is 2.65. The van der Waals surface area contributed by atoms with Crippen LogP contribution in [0.15, 0.2) is 24.3 Å². The number of alkyl halides is 1. The summed E-state index contributed by atoms with van der Waals surface area (Å²) in [6.45, 7) is 6.75. The van der Waals surface area contributed by atoms with E-state index in [1.54, 1.807) is 6.92 Å². The van der Waals surface area contributed by atoms with E-state index < -0.39 is 5.60 Å². The number of carbonyl (C=O) groups excluding carboxylic acids is 1. The van der Waals surface area contributed by atoms with Gasteiger partial charge >= 0.3 is 0 Å². The molecule has 0 bridgehead atoms. The number of amides is 1. The van der Waals surface area contributed by atoms with E-state index in [4.69, 9.17) is 9.47 Å². The van der Waals surface area contributed by atoms with Crippen molar-refractivity contribution in [1.82, 2.24) is 0 Å². The third-order valence-electron chi connectivity index (χ3n) is 3.08. The summed E-state index contributed by atoms with van der Waals surface area (Å²) in [5.41, 5.74) is -0.0551. The van der Waals surface area contributed by atoms with Gasteiger partial charge in [0.25, 0.3) is 5.91 Å². The van der Waals surface area contributed by atoms with Crippen molar-refractivity contribution in [3.05, 3.63) is 24.3 Å². The van der Waals surface area contributed by atoms with Gasteiger partial charge in [-0.25, -0.2) is 0 Å². The normalized spacial score (nSPS) is 13.6. The average Bonchev–Trinajstić information content (AvgIpc) is 2.46. The van der Waals surface area contributed by atoms with Crippen LogP contribution in [0.4, 0.5) is 5.69 Å². The third kappa shape index (κ3) is 4.80. The summed E-state index contributed by atoms with van der Waals surface area (Å²) >= 11 is 3.30. The Kier molecular flexibility index (Phi) is 7.02. The molecule has 5 heteroatoms. The second-order valence-electron chi connectivity index (χ2n) is 4.53. The van der Waals surface area contributed by atoms with Gasteiger partial charge < -0.3 is 14.8 Å². The van der Waals surface area contributed by atoms with Crippen LogP contribution in [-0.2, 0) is 9.53 Å². The van der Waals surface area contributed by atoms with Gasteiger partial charge in [-0.2, -0.15) is 0 Å². The minimum absolute atomic E-state index is 0.129. The molecular weight excluding hydrogens is 322 g/mol. The lowest BCUT2D eigenvalue weighted by Crippen LogP contribution is -2.42. The Hall–Kier alpha value is -1.07. The molecule has 1 aromatic carbocycles. The van der Waals surface area contributed by atoms with Crippen LogP contribution in [0, 0.1) is 0 Å². The van der Waals surface area contributed by atoms with Gasteiger partial charge in [-0.15, -0.1) is 0 Å². The van der Waals surface area contributed by atoms with Crippen LogP contribution in [-0.4, -0.2) is 30.1 Å². The van der Waals surface area contributed by atoms with Gasteiger partial charge in [0.05, 0.1) is 6.61 Å². The predicted molar refractivity (Wildman–Crippen MR) is 84.7 cm³/mol. The Morgan fingerprint density at radius 2 is 1.95 bits per heavy atom. The number of ether oxygens (including phenoxy) is 2. The molecule has 0 saturated carbocycles. The Bertz CT molecular complexity index is 422. The van der Waals surface area contributed by atoms with Crippen LogP contribution < -0.4 is 10.1 Å². The van der Waals surface area contributed by atoms with Crippen LogP contribution in [0.1, 0.15) is 27.2 Å². The van der Waals surface area contributed by atoms with E-state index in [0.717, 1.165) is 16.8 Å². The number of rotatable bonds is 8. The van der Waals surface area contributed by atoms with Gasteiger partial charge in [0.2, 0.25) is 0 Å². The molecule has 0 radical (unpaired) electrons. The van der Waals surface area contributed by atoms with Crippen LogP contribution in [0.25, 0.3) is 0 Å². The van der Waals surface area contributed by atoms with Crippen molar-refractivity contribution in [2.45, 2.75) is 32.8 Å². The van der Waals surface area contributed by atoms with Gasteiger partial charge in [-0.1, -0.05) is 22.9 Å². The number of halogens is 1. The second-order valence-corrected chi connectivity index (χ2v) is 5.33. The zero-order valence-electron chi connectivity index (χ0n) is 12.2. The topological polar surface area (TPSA) is 47.6 Å². The first-order valence-electron chi connectivity index (χ1n) is 6.80. The van der Waals surface area contributed by atoms with E-state index in [-0.39, 0.29) is 5.91 Å². The summed E-state index contributed by atoms with van der Waals surface area (Å²) in [5.74, 6) is 0.654. The van der Waals surface area contributed by atoms with Crippen LogP contribution in [0.3, 0.4) is 0 Å². The minimum Gasteiger partial charge on any atom is -0.493 e. The number of anilines is 1. The number of nitrogens with one attached hydrogen (secondary N) is 1. The lowest BCUT2D eigenvalue weighted by Gasteiger charge is -2.26. The van der Waals surface area contributed by atoms with E-state index in [2.05, 4.69) is 21.2 Å². The highest BCUT2D eigenvalue weighted by atomic mass is 79.9. The standard InChI is InChI=1S/C15H22BrNO3/c1-4-15(3,20-5-2)14(18)17-12-6-8-13(9-7-12)19-11-10-16/h6-9H,4-5,10-11H2,1-3H3,(H,17,18)/t15-/m1/s1. The quantitative estimate of drug-likeness (QED) is 0.733. The molecule has 0 aliphatic carbocycles. The van der Waals surface area contributed by atoms with Gasteiger partial charge in [-0.05, 0) is 44.5 Å². The summed E-state index contributed by atoms with van der Waals surface area (Å²) in [6.07, 6.45) is 0.624. The Labute approximate surface area is 129 Å². The highest BCUT2D eigenvalue weighted by molar-refractivity contribution is 9.09. The van der Waals surface area contributed by atoms with Crippen LogP contribution in [0.5, 0.6) is 5.75 Å². The number of benzene rings is 1. The van der Waals surface area contributed by atoms with Crippen molar-refractivity contribution in [2.24, 2.45) is 0 Å². The van der Waals surface area contributed by atoms with Crippen molar-refractivity contribution in [3.8, 4) is 5.75 Å². The molecule has 0 fully saturated rings. The first-order chi connectivity index (χ1) is 9.55. The van der Waals surface area contributed by atoms with Crippen LogP contribution >= 0.6 is 15.9 Å². The highest BCUT2D eigenvalue weighted by Gasteiger charge is 2.31. The monoisotopic (exact) mass is 343 g/mol. The predicted octanol–water partition coefficient (Wildman–Crippen LogP) is 3.60. The lowest BCUT2D eigenvalue weighted by atomic mass is 10.0. The highest BCUT2D eigenvalue weighted by Crippen LogP contribution is 2.20. The maximum atomic E-state index is 12.2. The van der Waals surface area contributed by atoms with E-state index in [0.29, 0.717) is 19.6 Å². The molecule has 0 aromatic heterocycles. The molecule has 0 unspecified atom stereocenters. The average molecular weight is 344 g/mol. The molecular formula is C15H22BrNO3. The van der Waals surface area contributed by atoms with E-state index in [9.17, 15) is 4.79 Å². The molecule has 112 valence electrons.